The van der Waals surface area contributed by atoms with E-state index in [1.54, 1.807) is 40.2 Å². The maximum absolute atomic E-state index is 12.5. The van der Waals surface area contributed by atoms with Gasteiger partial charge in [-0.2, -0.15) is 0 Å². The van der Waals surface area contributed by atoms with E-state index in [2.05, 4.69) is 9.73 Å². The van der Waals surface area contributed by atoms with Gasteiger partial charge in [0.15, 0.2) is 0 Å². The zero-order valence-corrected chi connectivity index (χ0v) is 16.1. The summed E-state index contributed by atoms with van der Waals surface area (Å²) < 4.78 is 49.6. The van der Waals surface area contributed by atoms with Gasteiger partial charge in [0, 0.05) is 19.4 Å². The number of ether oxygens (including phenoxy) is 2. The Morgan fingerprint density at radius 2 is 1.79 bits per heavy atom. The Labute approximate surface area is 163 Å². The van der Waals surface area contributed by atoms with Crippen molar-refractivity contribution in [2.24, 2.45) is 12.0 Å². The van der Waals surface area contributed by atoms with Gasteiger partial charge in [-0.05, 0) is 44.5 Å². The normalized spacial score (nSPS) is 12.7. The lowest BCUT2D eigenvalue weighted by molar-refractivity contribution is -0.274. The van der Waals surface area contributed by atoms with Crippen molar-refractivity contribution in [1.82, 2.24) is 9.13 Å². The van der Waals surface area contributed by atoms with E-state index in [-0.39, 0.29) is 23.3 Å². The molecule has 11 heteroatoms. The minimum atomic E-state index is -4.97. The minimum absolute atomic E-state index is 0.0577. The third-order valence-electron chi connectivity index (χ3n) is 3.43. The molecule has 1 aromatic carbocycles. The number of nitrogens with zero attached hydrogens (tertiary/aromatic N) is 3. The average Bonchev–Trinajstić information content (AvgIpc) is 2.84. The molecule has 158 valence electrons. The second-order valence-electron chi connectivity index (χ2n) is 7.15. The minimum Gasteiger partial charge on any atom is -0.478 e. The number of carbonyl (C=O) groups is 2. The topological polar surface area (TPSA) is 95.0 Å². The van der Waals surface area contributed by atoms with E-state index in [1.165, 1.54) is 15.2 Å². The molecule has 29 heavy (non-hydrogen) atoms. The summed E-state index contributed by atoms with van der Waals surface area (Å²) >= 11 is 0. The van der Waals surface area contributed by atoms with Crippen LogP contribution in [0.1, 0.15) is 36.7 Å². The lowest BCUT2D eigenvalue weighted by Gasteiger charge is -2.17. The Bertz CT molecular complexity index is 984. The van der Waals surface area contributed by atoms with Gasteiger partial charge >= 0.3 is 18.4 Å². The number of benzene rings is 1. The number of hydrogen-bond acceptors (Lipinski definition) is 4. The fourth-order valence-corrected chi connectivity index (χ4v) is 2.41. The number of aryl methyl sites for hydroxylation is 1. The van der Waals surface area contributed by atoms with Crippen LogP contribution in [0, 0.1) is 0 Å². The number of halogens is 3. The lowest BCUT2D eigenvalue weighted by Crippen LogP contribution is -2.29. The second-order valence-corrected chi connectivity index (χ2v) is 7.15. The number of rotatable bonds is 4. The highest BCUT2D eigenvalue weighted by molar-refractivity contribution is 5.88. The number of imidazole rings is 1. The molecule has 0 radical (unpaired) electrons. The molecule has 1 aromatic heterocycles. The first-order valence-electron chi connectivity index (χ1n) is 8.36. The Hall–Kier alpha value is -3.24. The van der Waals surface area contributed by atoms with Crippen LogP contribution in [0.2, 0.25) is 0 Å². The monoisotopic (exact) mass is 415 g/mol. The predicted octanol–water partition coefficient (Wildman–Crippen LogP) is 3.31. The molecule has 0 saturated carbocycles. The van der Waals surface area contributed by atoms with Gasteiger partial charge < -0.3 is 23.7 Å². The van der Waals surface area contributed by atoms with E-state index in [1.807, 2.05) is 0 Å². The van der Waals surface area contributed by atoms with Crippen LogP contribution in [0.5, 0.6) is 5.75 Å². The zero-order chi connectivity index (χ0) is 22.0. The molecule has 1 heterocycles. The summed E-state index contributed by atoms with van der Waals surface area (Å²) in [5.74, 6) is -2.06. The standard InChI is InChI=1S/C18H20F3N3O5/c1-17(2,3)29-16(27)22-15-23(4)5-6-24(15)10-11-7-12(14(25)26)9-13(8-11)28-18(19,20)21/h5-9H,10H2,1-4H3,(H,25,26)/b22-15+. The van der Waals surface area contributed by atoms with Crippen LogP contribution < -0.4 is 10.4 Å². The van der Waals surface area contributed by atoms with Gasteiger partial charge in [-0.25, -0.2) is 9.59 Å². The Kier molecular flexibility index (Phi) is 6.10. The van der Waals surface area contributed by atoms with Gasteiger partial charge in [-0.1, -0.05) is 0 Å². The van der Waals surface area contributed by atoms with Crippen LogP contribution in [-0.2, 0) is 18.3 Å². The van der Waals surface area contributed by atoms with Crippen LogP contribution in [0.25, 0.3) is 0 Å². The van der Waals surface area contributed by atoms with Crippen LogP contribution >= 0.6 is 0 Å². The number of hydrogen-bond donors (Lipinski definition) is 1. The maximum atomic E-state index is 12.5. The van der Waals surface area contributed by atoms with Crippen molar-refractivity contribution in [3.8, 4) is 5.75 Å². The summed E-state index contributed by atoms with van der Waals surface area (Å²) in [4.78, 5) is 27.1. The van der Waals surface area contributed by atoms with Crippen molar-refractivity contribution in [3.63, 3.8) is 0 Å². The van der Waals surface area contributed by atoms with E-state index in [0.717, 1.165) is 12.1 Å². The predicted molar refractivity (Wildman–Crippen MR) is 94.4 cm³/mol. The fourth-order valence-electron chi connectivity index (χ4n) is 2.41. The number of carbonyl (C=O) groups excluding carboxylic acids is 1. The summed E-state index contributed by atoms with van der Waals surface area (Å²) in [6.45, 7) is 4.98. The zero-order valence-electron chi connectivity index (χ0n) is 16.1. The van der Waals surface area contributed by atoms with Crippen LogP contribution in [-0.4, -0.2) is 38.3 Å². The van der Waals surface area contributed by atoms with Gasteiger partial charge in [0.05, 0.1) is 12.1 Å². The van der Waals surface area contributed by atoms with Crippen LogP contribution in [0.4, 0.5) is 18.0 Å². The number of aromatic nitrogens is 2. The third kappa shape index (κ3) is 6.70. The first-order valence-corrected chi connectivity index (χ1v) is 8.36. The van der Waals surface area contributed by atoms with Gasteiger partial charge in [0.1, 0.15) is 11.4 Å². The van der Waals surface area contributed by atoms with E-state index < -0.39 is 29.8 Å². The van der Waals surface area contributed by atoms with Crippen molar-refractivity contribution >= 4 is 12.1 Å². The Balaban J connectivity index is 2.42. The molecule has 1 amide bonds. The molecule has 0 bridgehead atoms. The van der Waals surface area contributed by atoms with Crippen molar-refractivity contribution in [2.75, 3.05) is 0 Å². The maximum Gasteiger partial charge on any atom is 0.573 e. The molecule has 8 nitrogen and oxygen atoms in total. The summed E-state index contributed by atoms with van der Waals surface area (Å²) in [7, 11) is 1.62. The van der Waals surface area contributed by atoms with Crippen molar-refractivity contribution in [2.45, 2.75) is 39.3 Å². The molecule has 0 spiro atoms. The largest absolute Gasteiger partial charge is 0.573 e. The van der Waals surface area contributed by atoms with E-state index in [9.17, 15) is 22.8 Å². The first kappa shape index (κ1) is 22.1. The highest BCUT2D eigenvalue weighted by atomic mass is 19.4. The number of alkyl halides is 3. The second kappa shape index (κ2) is 8.02. The van der Waals surface area contributed by atoms with Crippen molar-refractivity contribution < 1.29 is 37.3 Å². The molecule has 0 aliphatic rings. The molecule has 0 fully saturated rings. The van der Waals surface area contributed by atoms with Gasteiger partial charge in [0.2, 0.25) is 5.62 Å². The number of carboxylic acid groups (broad SMARTS) is 1. The number of aromatic carboxylic acids is 1. The molecular formula is C18H20F3N3O5. The van der Waals surface area contributed by atoms with Crippen molar-refractivity contribution in [1.29, 1.82) is 0 Å². The number of amides is 1. The summed E-state index contributed by atoms with van der Waals surface area (Å²) in [5.41, 5.74) is -0.751. The molecule has 0 atom stereocenters. The van der Waals surface area contributed by atoms with Crippen LogP contribution in [0.3, 0.4) is 0 Å². The quantitative estimate of drug-likeness (QED) is 0.827. The van der Waals surface area contributed by atoms with Crippen molar-refractivity contribution in [3.05, 3.63) is 47.3 Å². The van der Waals surface area contributed by atoms with E-state index in [0.29, 0.717) is 0 Å². The SMILES string of the molecule is Cn1ccn(Cc2cc(OC(F)(F)F)cc(C(=O)O)c2)/c1=N/C(=O)OC(C)(C)C. The third-order valence-corrected chi connectivity index (χ3v) is 3.43. The number of carboxylic acids is 1. The smallest absolute Gasteiger partial charge is 0.478 e. The highest BCUT2D eigenvalue weighted by Crippen LogP contribution is 2.25. The fraction of sp³-hybridized carbons (Fsp3) is 0.389. The molecular weight excluding hydrogens is 395 g/mol. The summed E-state index contributed by atoms with van der Waals surface area (Å²) in [6, 6.07) is 3.06. The van der Waals surface area contributed by atoms with Gasteiger partial charge in [-0.15, -0.1) is 18.2 Å². The molecule has 0 saturated heterocycles. The first-order chi connectivity index (χ1) is 13.2. The highest BCUT2D eigenvalue weighted by Gasteiger charge is 2.31. The Morgan fingerprint density at radius 3 is 2.34 bits per heavy atom. The molecule has 1 N–H and O–H groups in total. The molecule has 0 unspecified atom stereocenters. The summed E-state index contributed by atoms with van der Waals surface area (Å²) in [6.07, 6.45) is -2.68. The molecule has 0 aliphatic heterocycles. The molecule has 0 aliphatic carbocycles. The van der Waals surface area contributed by atoms with Gasteiger partial charge in [0.25, 0.3) is 0 Å². The summed E-state index contributed by atoms with van der Waals surface area (Å²) in [5, 5.41) is 9.16. The van der Waals surface area contributed by atoms with E-state index in [4.69, 9.17) is 9.84 Å². The van der Waals surface area contributed by atoms with Crippen LogP contribution in [0.15, 0.2) is 35.6 Å². The lowest BCUT2D eigenvalue weighted by atomic mass is 10.1. The van der Waals surface area contributed by atoms with E-state index >= 15 is 0 Å². The average molecular weight is 415 g/mol. The Morgan fingerprint density at radius 1 is 1.14 bits per heavy atom. The molecule has 2 aromatic rings. The van der Waals surface area contributed by atoms with Gasteiger partial charge in [-0.3, -0.25) is 0 Å². The molecule has 2 rings (SSSR count).